The molecule has 0 rings (SSSR count). The summed E-state index contributed by atoms with van der Waals surface area (Å²) in [5, 5.41) is 0. The highest BCUT2D eigenvalue weighted by Gasteiger charge is 2.13. The summed E-state index contributed by atoms with van der Waals surface area (Å²) >= 11 is 1.90. The van der Waals surface area contributed by atoms with Gasteiger partial charge in [-0.25, -0.2) is 0 Å². The Morgan fingerprint density at radius 1 is 1.36 bits per heavy atom. The van der Waals surface area contributed by atoms with Crippen molar-refractivity contribution in [2.45, 2.75) is 33.1 Å². The van der Waals surface area contributed by atoms with Crippen molar-refractivity contribution in [1.29, 1.82) is 0 Å². The Labute approximate surface area is 92.4 Å². The van der Waals surface area contributed by atoms with Crippen molar-refractivity contribution in [1.82, 2.24) is 4.90 Å². The lowest BCUT2D eigenvalue weighted by Gasteiger charge is -2.16. The smallest absolute Gasteiger partial charge is 0.225 e. The zero-order chi connectivity index (χ0) is 11.0. The molecule has 0 aromatic carbocycles. The fourth-order valence-corrected chi connectivity index (χ4v) is 2.30. The molecule has 1 atom stereocenters. The predicted molar refractivity (Wildman–Crippen MR) is 64.7 cm³/mol. The molecule has 0 aliphatic heterocycles. The molecule has 0 unspecified atom stereocenters. The third-order valence-corrected chi connectivity index (χ3v) is 3.44. The van der Waals surface area contributed by atoms with Crippen LogP contribution in [-0.2, 0) is 4.79 Å². The second kappa shape index (κ2) is 8.16. The molecule has 2 nitrogen and oxygen atoms in total. The van der Waals surface area contributed by atoms with Crippen molar-refractivity contribution in [2.75, 3.05) is 25.6 Å². The zero-order valence-electron chi connectivity index (χ0n) is 9.88. The van der Waals surface area contributed by atoms with Gasteiger partial charge < -0.3 is 4.90 Å². The monoisotopic (exact) mass is 217 g/mol. The Morgan fingerprint density at radius 2 is 2.00 bits per heavy atom. The molecule has 0 aromatic rings. The molecule has 0 aliphatic carbocycles. The lowest BCUT2D eigenvalue weighted by atomic mass is 10.2. The maximum absolute atomic E-state index is 11.5. The van der Waals surface area contributed by atoms with E-state index in [2.05, 4.69) is 6.92 Å². The van der Waals surface area contributed by atoms with Crippen molar-refractivity contribution in [3.05, 3.63) is 0 Å². The summed E-state index contributed by atoms with van der Waals surface area (Å²) in [5.41, 5.74) is 0. The maximum Gasteiger partial charge on any atom is 0.225 e. The average Bonchev–Trinajstić information content (AvgIpc) is 2.16. The number of amides is 1. The molecule has 0 aromatic heterocycles. The second-order valence-electron chi connectivity index (χ2n) is 3.92. The van der Waals surface area contributed by atoms with E-state index in [1.54, 1.807) is 4.90 Å². The highest BCUT2D eigenvalue weighted by atomic mass is 32.2. The van der Waals surface area contributed by atoms with Gasteiger partial charge in [0, 0.05) is 25.8 Å². The van der Waals surface area contributed by atoms with Gasteiger partial charge in [0.1, 0.15) is 0 Å². The minimum absolute atomic E-state index is 0.164. The molecule has 1 amide bonds. The molecule has 0 bridgehead atoms. The van der Waals surface area contributed by atoms with Gasteiger partial charge in [-0.1, -0.05) is 26.7 Å². The first-order valence-electron chi connectivity index (χ1n) is 5.38. The number of rotatable bonds is 7. The van der Waals surface area contributed by atoms with Crippen molar-refractivity contribution in [2.24, 2.45) is 5.92 Å². The summed E-state index contributed by atoms with van der Waals surface area (Å²) in [6.45, 7) is 4.22. The minimum atomic E-state index is 0.164. The Morgan fingerprint density at radius 3 is 2.50 bits per heavy atom. The van der Waals surface area contributed by atoms with Gasteiger partial charge >= 0.3 is 0 Å². The van der Waals surface area contributed by atoms with E-state index in [1.165, 1.54) is 25.0 Å². The number of carbonyl (C=O) groups is 1. The molecule has 14 heavy (non-hydrogen) atoms. The van der Waals surface area contributed by atoms with Crippen molar-refractivity contribution in [3.8, 4) is 0 Å². The molecule has 0 spiro atoms. The highest BCUT2D eigenvalue weighted by molar-refractivity contribution is 7.99. The van der Waals surface area contributed by atoms with Crippen LogP contribution in [0, 0.1) is 5.92 Å². The van der Waals surface area contributed by atoms with Gasteiger partial charge in [0.2, 0.25) is 5.91 Å². The first-order valence-corrected chi connectivity index (χ1v) is 6.54. The lowest BCUT2D eigenvalue weighted by molar-refractivity contribution is -0.131. The quantitative estimate of drug-likeness (QED) is 0.611. The van der Waals surface area contributed by atoms with Crippen LogP contribution in [0.15, 0.2) is 0 Å². The van der Waals surface area contributed by atoms with Gasteiger partial charge in [-0.3, -0.25) is 4.79 Å². The van der Waals surface area contributed by atoms with Gasteiger partial charge in [0.05, 0.1) is 0 Å². The van der Waals surface area contributed by atoms with Crippen LogP contribution in [0.3, 0.4) is 0 Å². The summed E-state index contributed by atoms with van der Waals surface area (Å²) in [6, 6.07) is 0. The second-order valence-corrected chi connectivity index (χ2v) is 5.07. The summed E-state index contributed by atoms with van der Waals surface area (Å²) in [7, 11) is 3.64. The van der Waals surface area contributed by atoms with Crippen LogP contribution in [0.1, 0.15) is 33.1 Å². The van der Waals surface area contributed by atoms with E-state index in [0.29, 0.717) is 0 Å². The lowest BCUT2D eigenvalue weighted by Crippen LogP contribution is -2.29. The van der Waals surface area contributed by atoms with Gasteiger partial charge in [0.25, 0.3) is 0 Å². The summed E-state index contributed by atoms with van der Waals surface area (Å²) in [6.07, 6.45) is 3.86. The minimum Gasteiger partial charge on any atom is -0.349 e. The fraction of sp³-hybridized carbons (Fsp3) is 0.909. The van der Waals surface area contributed by atoms with Gasteiger partial charge in [-0.05, 0) is 12.2 Å². The number of thioether (sulfide) groups is 1. The highest BCUT2D eigenvalue weighted by Crippen LogP contribution is 2.12. The molecule has 0 N–H and O–H groups in total. The Hall–Kier alpha value is -0.180. The van der Waals surface area contributed by atoms with Gasteiger partial charge in [-0.15, -0.1) is 0 Å². The van der Waals surface area contributed by atoms with E-state index in [1.807, 2.05) is 32.8 Å². The van der Waals surface area contributed by atoms with Crippen molar-refractivity contribution in [3.63, 3.8) is 0 Å². The van der Waals surface area contributed by atoms with Crippen LogP contribution in [0.5, 0.6) is 0 Å². The number of nitrogens with zero attached hydrogens (tertiary/aromatic N) is 1. The summed E-state index contributed by atoms with van der Waals surface area (Å²) in [5.74, 6) is 2.56. The average molecular weight is 217 g/mol. The van der Waals surface area contributed by atoms with E-state index < -0.39 is 0 Å². The van der Waals surface area contributed by atoms with Crippen LogP contribution in [-0.4, -0.2) is 36.4 Å². The molecular formula is C11H23NOS. The molecule has 0 saturated carbocycles. The summed E-state index contributed by atoms with van der Waals surface area (Å²) < 4.78 is 0. The largest absolute Gasteiger partial charge is 0.349 e. The standard InChI is InChI=1S/C11H23NOS/c1-5-6-7-8-14-9-10(2)11(13)12(3)4/h10H,5-9H2,1-4H3/t10-/m1/s1. The van der Waals surface area contributed by atoms with E-state index in [9.17, 15) is 4.79 Å². The topological polar surface area (TPSA) is 20.3 Å². The maximum atomic E-state index is 11.5. The number of carbonyl (C=O) groups excluding carboxylic acids is 1. The van der Waals surface area contributed by atoms with Crippen molar-refractivity contribution < 1.29 is 4.79 Å². The summed E-state index contributed by atoms with van der Waals surface area (Å²) in [4.78, 5) is 13.2. The van der Waals surface area contributed by atoms with E-state index in [4.69, 9.17) is 0 Å². The fourth-order valence-electron chi connectivity index (χ4n) is 1.23. The van der Waals surface area contributed by atoms with Crippen LogP contribution >= 0.6 is 11.8 Å². The third-order valence-electron chi connectivity index (χ3n) is 2.12. The molecule has 0 radical (unpaired) electrons. The molecule has 0 saturated heterocycles. The zero-order valence-corrected chi connectivity index (χ0v) is 10.7. The Bertz CT molecular complexity index is 159. The van der Waals surface area contributed by atoms with Crippen LogP contribution < -0.4 is 0 Å². The predicted octanol–water partition coefficient (Wildman–Crippen LogP) is 2.63. The molecule has 0 heterocycles. The molecular weight excluding hydrogens is 194 g/mol. The Balaban J connectivity index is 3.44. The molecule has 84 valence electrons. The number of unbranched alkanes of at least 4 members (excludes halogenated alkanes) is 2. The Kier molecular flexibility index (Phi) is 8.05. The van der Waals surface area contributed by atoms with E-state index in [-0.39, 0.29) is 11.8 Å². The normalized spacial score (nSPS) is 12.6. The molecule has 0 aliphatic rings. The third kappa shape index (κ3) is 6.30. The van der Waals surface area contributed by atoms with Gasteiger partial charge in [0.15, 0.2) is 0 Å². The molecule has 3 heteroatoms. The first-order chi connectivity index (χ1) is 6.59. The molecule has 0 fully saturated rings. The number of hydrogen-bond donors (Lipinski definition) is 0. The first kappa shape index (κ1) is 13.8. The van der Waals surface area contributed by atoms with Crippen LogP contribution in [0.2, 0.25) is 0 Å². The van der Waals surface area contributed by atoms with Crippen LogP contribution in [0.4, 0.5) is 0 Å². The van der Waals surface area contributed by atoms with Crippen molar-refractivity contribution >= 4 is 17.7 Å². The van der Waals surface area contributed by atoms with E-state index >= 15 is 0 Å². The van der Waals surface area contributed by atoms with Gasteiger partial charge in [-0.2, -0.15) is 11.8 Å². The number of hydrogen-bond acceptors (Lipinski definition) is 2. The van der Waals surface area contributed by atoms with Crippen LogP contribution in [0.25, 0.3) is 0 Å². The SMILES string of the molecule is CCCCCSC[C@@H](C)C(=O)N(C)C. The van der Waals surface area contributed by atoms with E-state index in [0.717, 1.165) is 5.75 Å².